The highest BCUT2D eigenvalue weighted by molar-refractivity contribution is 5.68. The van der Waals surface area contributed by atoms with Gasteiger partial charge in [0.25, 0.3) is 0 Å². The van der Waals surface area contributed by atoms with Crippen LogP contribution in [0.3, 0.4) is 0 Å². The van der Waals surface area contributed by atoms with Crippen molar-refractivity contribution in [3.05, 3.63) is 0 Å². The van der Waals surface area contributed by atoms with Crippen molar-refractivity contribution in [1.29, 1.82) is 0 Å². The average molecular weight is 577 g/mol. The number of hydrogen-bond donors (Lipinski definition) is 4. The average Bonchev–Trinajstić information content (AvgIpc) is 2.86. The van der Waals surface area contributed by atoms with E-state index in [0.29, 0.717) is 52.9 Å². The third-order valence-electron chi connectivity index (χ3n) is 3.14. The predicted molar refractivity (Wildman–Crippen MR) is 143 cm³/mol. The van der Waals surface area contributed by atoms with E-state index >= 15 is 0 Å². The minimum absolute atomic E-state index is 0. The summed E-state index contributed by atoms with van der Waals surface area (Å²) in [5, 5.41) is 32.1. The van der Waals surface area contributed by atoms with Gasteiger partial charge >= 0.3 is 23.9 Å². The van der Waals surface area contributed by atoms with Gasteiger partial charge in [-0.3, -0.25) is 4.79 Å². The molecule has 0 amide bonds. The van der Waals surface area contributed by atoms with Gasteiger partial charge in [-0.15, -0.1) is 0 Å². The summed E-state index contributed by atoms with van der Waals surface area (Å²) in [6.45, 7) is 11.5. The summed E-state index contributed by atoms with van der Waals surface area (Å²) in [4.78, 5) is 39.1. The first-order valence-electron chi connectivity index (χ1n) is 12.4. The molecule has 236 valence electrons. The molecule has 0 unspecified atom stereocenters. The molecule has 0 spiro atoms. The molecule has 0 fully saturated rings. The van der Waals surface area contributed by atoms with Crippen molar-refractivity contribution < 1.29 is 68.0 Å². The third-order valence-corrected chi connectivity index (χ3v) is 3.14. The molecule has 0 bridgehead atoms. The van der Waals surface area contributed by atoms with Crippen LogP contribution in [0.4, 0.5) is 0 Å². The quantitative estimate of drug-likeness (QED) is 0.137. The van der Waals surface area contributed by atoms with Gasteiger partial charge in [0.05, 0.1) is 39.6 Å². The molecule has 0 aliphatic carbocycles. The van der Waals surface area contributed by atoms with Crippen molar-refractivity contribution in [2.24, 2.45) is 0 Å². The van der Waals surface area contributed by atoms with Gasteiger partial charge in [0.15, 0.2) is 0 Å². The molecule has 0 aromatic rings. The van der Waals surface area contributed by atoms with Crippen LogP contribution >= 0.6 is 0 Å². The fourth-order valence-electron chi connectivity index (χ4n) is 1.57. The lowest BCUT2D eigenvalue weighted by Crippen LogP contribution is -2.13. The normalized spacial score (nSPS) is 9.33. The lowest BCUT2D eigenvalue weighted by molar-refractivity contribution is -0.143. The molecule has 0 radical (unpaired) electrons. The number of aliphatic carboxylic acids is 4. The summed E-state index contributed by atoms with van der Waals surface area (Å²) in [7, 11) is 0. The molecule has 0 aliphatic heterocycles. The van der Waals surface area contributed by atoms with Gasteiger partial charge in [-0.05, 0) is 19.3 Å². The Kier molecular flexibility index (Phi) is 50.9. The fraction of sp³-hybridized carbons (Fsp3) is 0.840. The zero-order valence-electron chi connectivity index (χ0n) is 23.2. The topological polar surface area (TPSA) is 205 Å². The molecule has 14 heteroatoms. The first kappa shape index (κ1) is 46.5. The highest BCUT2D eigenvalue weighted by atomic mass is 16.6. The van der Waals surface area contributed by atoms with Gasteiger partial charge in [-0.2, -0.15) is 0 Å². The molecule has 0 aromatic carbocycles. The predicted octanol–water partition coefficient (Wildman–Crippen LogP) is 2.66. The van der Waals surface area contributed by atoms with Crippen molar-refractivity contribution in [2.45, 2.75) is 60.8 Å². The maximum atomic E-state index is 10.0. The van der Waals surface area contributed by atoms with Gasteiger partial charge in [-0.1, -0.05) is 35.1 Å². The van der Waals surface area contributed by atoms with Gasteiger partial charge in [-0.25, -0.2) is 14.4 Å². The maximum absolute atomic E-state index is 10.0. The van der Waals surface area contributed by atoms with Crippen LogP contribution in [0.25, 0.3) is 0 Å². The molecule has 4 N–H and O–H groups in total. The summed E-state index contributed by atoms with van der Waals surface area (Å²) >= 11 is 0. The molecule has 0 aromatic heterocycles. The number of carboxylic acid groups (broad SMARTS) is 4. The molecule has 0 saturated carbocycles. The Labute approximate surface area is 232 Å². The van der Waals surface area contributed by atoms with Crippen LogP contribution in [0, 0.1) is 0 Å². The minimum atomic E-state index is -0.962. The Hall–Kier alpha value is -2.36. The van der Waals surface area contributed by atoms with Crippen LogP contribution in [-0.4, -0.2) is 124 Å². The fourth-order valence-corrected chi connectivity index (χ4v) is 1.57. The molecule has 0 aliphatic rings. The second kappa shape index (κ2) is 42.7. The standard InChI is InChI=1S/C9H18O5.C7H14O4.C5H10O3.C3H6O2.CH4/c1-2-3-12-4-5-13-6-7-14-8-9(10)11;1-2-3-10-4-5-11-6-7(8)9;1-2-3-8-4-5(6)7;1-2-3(4)5;/h2-8H2,1H3,(H,10,11);2-6H2,1H3,(H,8,9);2-4H2,1H3,(H,6,7);2H2,1H3,(H,4,5);1H4. The van der Waals surface area contributed by atoms with E-state index < -0.39 is 23.9 Å². The number of carboxylic acids is 4. The number of ether oxygens (including phenoxy) is 6. The van der Waals surface area contributed by atoms with Crippen molar-refractivity contribution in [1.82, 2.24) is 0 Å². The van der Waals surface area contributed by atoms with Gasteiger partial charge < -0.3 is 48.8 Å². The van der Waals surface area contributed by atoms with E-state index in [1.807, 2.05) is 20.8 Å². The molecule has 0 rings (SSSR count). The number of carbonyl (C=O) groups is 4. The summed E-state index contributed by atoms with van der Waals surface area (Å²) in [6, 6.07) is 0. The van der Waals surface area contributed by atoms with Crippen LogP contribution in [0.2, 0.25) is 0 Å². The number of hydrogen-bond acceptors (Lipinski definition) is 10. The van der Waals surface area contributed by atoms with E-state index in [4.69, 9.17) is 44.1 Å². The zero-order valence-corrected chi connectivity index (χ0v) is 23.2. The van der Waals surface area contributed by atoms with Crippen molar-refractivity contribution in [3.63, 3.8) is 0 Å². The molecule has 0 heterocycles. The second-order valence-corrected chi connectivity index (χ2v) is 6.92. The van der Waals surface area contributed by atoms with E-state index in [-0.39, 0.29) is 33.7 Å². The summed E-state index contributed by atoms with van der Waals surface area (Å²) < 4.78 is 29.5. The molecule has 14 nitrogen and oxygen atoms in total. The Balaban J connectivity index is -0.000000138. The monoisotopic (exact) mass is 576 g/mol. The minimum Gasteiger partial charge on any atom is -0.481 e. The molecular weight excluding hydrogens is 524 g/mol. The van der Waals surface area contributed by atoms with E-state index in [9.17, 15) is 19.2 Å². The SMILES string of the molecule is C.CCC(=O)O.CCCOCC(=O)O.CCCOCCOCC(=O)O.CCCOCCOCCOCC(=O)O. The first-order valence-corrected chi connectivity index (χ1v) is 12.4. The summed E-state index contributed by atoms with van der Waals surface area (Å²) in [5.41, 5.74) is 0. The van der Waals surface area contributed by atoms with Crippen molar-refractivity contribution in [3.8, 4) is 0 Å². The lowest BCUT2D eigenvalue weighted by Gasteiger charge is -2.04. The van der Waals surface area contributed by atoms with Crippen LogP contribution in [0.1, 0.15) is 60.8 Å². The maximum Gasteiger partial charge on any atom is 0.329 e. The lowest BCUT2D eigenvalue weighted by atomic mass is 10.5. The van der Waals surface area contributed by atoms with Crippen LogP contribution < -0.4 is 0 Å². The highest BCUT2D eigenvalue weighted by Crippen LogP contribution is 1.83. The molecular formula is C25H52O14. The Morgan fingerprint density at radius 2 is 0.615 bits per heavy atom. The number of rotatable bonds is 22. The Bertz CT molecular complexity index is 529. The molecule has 0 atom stereocenters. The van der Waals surface area contributed by atoms with Crippen molar-refractivity contribution >= 4 is 23.9 Å². The smallest absolute Gasteiger partial charge is 0.329 e. The largest absolute Gasteiger partial charge is 0.481 e. The Morgan fingerprint density at radius 3 is 0.846 bits per heavy atom. The van der Waals surface area contributed by atoms with E-state index in [0.717, 1.165) is 25.9 Å². The van der Waals surface area contributed by atoms with E-state index in [1.54, 1.807) is 6.92 Å². The van der Waals surface area contributed by atoms with Crippen LogP contribution in [0.5, 0.6) is 0 Å². The third kappa shape index (κ3) is 72.2. The first-order chi connectivity index (χ1) is 18.1. The van der Waals surface area contributed by atoms with Gasteiger partial charge in [0.1, 0.15) is 19.8 Å². The van der Waals surface area contributed by atoms with Crippen LogP contribution in [0.15, 0.2) is 0 Å². The molecule has 0 saturated heterocycles. The molecule has 39 heavy (non-hydrogen) atoms. The van der Waals surface area contributed by atoms with Crippen molar-refractivity contribution in [2.75, 3.05) is 79.3 Å². The van der Waals surface area contributed by atoms with Gasteiger partial charge in [0.2, 0.25) is 0 Å². The van der Waals surface area contributed by atoms with Crippen LogP contribution in [-0.2, 0) is 47.6 Å². The van der Waals surface area contributed by atoms with E-state index in [2.05, 4.69) is 4.74 Å². The summed E-state index contributed by atoms with van der Waals surface area (Å²) in [5.74, 6) is -3.56. The zero-order chi connectivity index (χ0) is 29.9. The van der Waals surface area contributed by atoms with E-state index in [1.165, 1.54) is 0 Å². The second-order valence-electron chi connectivity index (χ2n) is 6.92. The highest BCUT2D eigenvalue weighted by Gasteiger charge is 1.96. The summed E-state index contributed by atoms with van der Waals surface area (Å²) in [6.07, 6.45) is 3.06. The Morgan fingerprint density at radius 1 is 0.410 bits per heavy atom. The van der Waals surface area contributed by atoms with Gasteiger partial charge in [0, 0.05) is 26.2 Å².